The molecule has 0 saturated carbocycles. The van der Waals surface area contributed by atoms with Gasteiger partial charge in [0.05, 0.1) is 6.10 Å². The standard InChI is InChI=1S/C10H13NO3S/c1-2-15(13,14)11-8-10(12)9-6-4-3-5-7-9/h2-7,10-12H,1,8H2/t10-/m0/s1. The molecule has 4 nitrogen and oxygen atoms in total. The van der Waals surface area contributed by atoms with Crippen LogP contribution in [0, 0.1) is 0 Å². The average molecular weight is 227 g/mol. The van der Waals surface area contributed by atoms with Crippen LogP contribution < -0.4 is 4.72 Å². The summed E-state index contributed by atoms with van der Waals surface area (Å²) in [6.07, 6.45) is -0.846. The van der Waals surface area contributed by atoms with Crippen LogP contribution in [0.15, 0.2) is 42.3 Å². The minimum atomic E-state index is -3.47. The van der Waals surface area contributed by atoms with Crippen LogP contribution >= 0.6 is 0 Å². The Balaban J connectivity index is 2.58. The number of hydrogen-bond donors (Lipinski definition) is 2. The molecule has 0 heterocycles. The van der Waals surface area contributed by atoms with Crippen LogP contribution in [-0.4, -0.2) is 20.1 Å². The summed E-state index contributed by atoms with van der Waals surface area (Å²) in [6.45, 7) is 3.09. The zero-order valence-electron chi connectivity index (χ0n) is 8.13. The van der Waals surface area contributed by atoms with Gasteiger partial charge in [-0.2, -0.15) is 0 Å². The third-order valence-electron chi connectivity index (χ3n) is 1.88. The molecule has 0 aliphatic heterocycles. The van der Waals surface area contributed by atoms with Crippen molar-refractivity contribution < 1.29 is 13.5 Å². The topological polar surface area (TPSA) is 66.4 Å². The van der Waals surface area contributed by atoms with Crippen LogP contribution in [-0.2, 0) is 10.0 Å². The third-order valence-corrected chi connectivity index (χ3v) is 2.89. The Labute approximate surface area is 89.3 Å². The van der Waals surface area contributed by atoms with Crippen molar-refractivity contribution in [3.8, 4) is 0 Å². The first kappa shape index (κ1) is 11.9. The normalized spacial score (nSPS) is 13.4. The zero-order valence-corrected chi connectivity index (χ0v) is 8.94. The molecule has 0 aliphatic carbocycles. The molecule has 0 aromatic heterocycles. The van der Waals surface area contributed by atoms with E-state index >= 15 is 0 Å². The van der Waals surface area contributed by atoms with E-state index in [4.69, 9.17) is 0 Å². The Hall–Kier alpha value is -1.17. The van der Waals surface area contributed by atoms with Gasteiger partial charge in [-0.25, -0.2) is 13.1 Å². The van der Waals surface area contributed by atoms with E-state index in [0.717, 1.165) is 5.41 Å². The van der Waals surface area contributed by atoms with E-state index < -0.39 is 16.1 Å². The summed E-state index contributed by atoms with van der Waals surface area (Å²) in [5, 5.41) is 10.4. The minimum absolute atomic E-state index is 0.0572. The largest absolute Gasteiger partial charge is 0.387 e. The second kappa shape index (κ2) is 5.06. The molecule has 1 aromatic rings. The summed E-state index contributed by atoms with van der Waals surface area (Å²) >= 11 is 0. The highest BCUT2D eigenvalue weighted by atomic mass is 32.2. The van der Waals surface area contributed by atoms with Crippen LogP contribution in [0.2, 0.25) is 0 Å². The second-order valence-electron chi connectivity index (χ2n) is 2.99. The van der Waals surface area contributed by atoms with Crippen molar-refractivity contribution in [1.29, 1.82) is 0 Å². The summed E-state index contributed by atoms with van der Waals surface area (Å²) in [7, 11) is -3.47. The Kier molecular flexibility index (Phi) is 4.02. The van der Waals surface area contributed by atoms with Gasteiger partial charge < -0.3 is 5.11 Å². The summed E-state index contributed by atoms with van der Waals surface area (Å²) in [4.78, 5) is 0. The minimum Gasteiger partial charge on any atom is -0.387 e. The lowest BCUT2D eigenvalue weighted by Crippen LogP contribution is -2.26. The summed E-state index contributed by atoms with van der Waals surface area (Å²) in [5.74, 6) is 0. The molecule has 0 fully saturated rings. The van der Waals surface area contributed by atoms with E-state index in [2.05, 4.69) is 11.3 Å². The van der Waals surface area contributed by atoms with Gasteiger partial charge >= 0.3 is 0 Å². The van der Waals surface area contributed by atoms with Crippen LogP contribution in [0.5, 0.6) is 0 Å². The van der Waals surface area contributed by atoms with E-state index in [9.17, 15) is 13.5 Å². The van der Waals surface area contributed by atoms with Gasteiger partial charge in [0.25, 0.3) is 0 Å². The highest BCUT2D eigenvalue weighted by molar-refractivity contribution is 7.92. The molecule has 2 N–H and O–H groups in total. The fourth-order valence-electron chi connectivity index (χ4n) is 1.05. The molecule has 1 aromatic carbocycles. The average Bonchev–Trinajstić information content (AvgIpc) is 2.27. The molecule has 0 unspecified atom stereocenters. The van der Waals surface area contributed by atoms with Crippen molar-refractivity contribution in [3.63, 3.8) is 0 Å². The van der Waals surface area contributed by atoms with Crippen molar-refractivity contribution >= 4 is 10.0 Å². The molecular weight excluding hydrogens is 214 g/mol. The SMILES string of the molecule is C=CS(=O)(=O)NC[C@H](O)c1ccccc1. The number of nitrogens with one attached hydrogen (secondary N) is 1. The molecule has 0 aliphatic rings. The zero-order chi connectivity index (χ0) is 11.3. The van der Waals surface area contributed by atoms with Gasteiger partial charge in [-0.15, -0.1) is 0 Å². The van der Waals surface area contributed by atoms with Crippen molar-refractivity contribution in [1.82, 2.24) is 4.72 Å². The highest BCUT2D eigenvalue weighted by Gasteiger charge is 2.10. The first-order valence-corrected chi connectivity index (χ1v) is 5.95. The van der Waals surface area contributed by atoms with E-state index in [0.29, 0.717) is 5.56 Å². The molecule has 5 heteroatoms. The van der Waals surface area contributed by atoms with Crippen molar-refractivity contribution in [2.24, 2.45) is 0 Å². The molecule has 0 amide bonds. The lowest BCUT2D eigenvalue weighted by atomic mass is 10.1. The molecule has 0 radical (unpaired) electrons. The van der Waals surface area contributed by atoms with Crippen LogP contribution in [0.3, 0.4) is 0 Å². The second-order valence-corrected chi connectivity index (χ2v) is 4.70. The predicted octanol–water partition coefficient (Wildman–Crippen LogP) is 0.783. The third kappa shape index (κ3) is 3.83. The van der Waals surface area contributed by atoms with Crippen LogP contribution in [0.1, 0.15) is 11.7 Å². The van der Waals surface area contributed by atoms with Gasteiger partial charge in [-0.1, -0.05) is 36.9 Å². The predicted molar refractivity (Wildman–Crippen MR) is 58.5 cm³/mol. The van der Waals surface area contributed by atoms with Crippen molar-refractivity contribution in [2.75, 3.05) is 6.54 Å². The number of aliphatic hydroxyl groups excluding tert-OH is 1. The van der Waals surface area contributed by atoms with Gasteiger partial charge in [0.2, 0.25) is 10.0 Å². The number of sulfonamides is 1. The smallest absolute Gasteiger partial charge is 0.233 e. The van der Waals surface area contributed by atoms with E-state index in [1.165, 1.54) is 0 Å². The summed E-state index contributed by atoms with van der Waals surface area (Å²) < 4.78 is 24.2. The number of hydrogen-bond acceptors (Lipinski definition) is 3. The maximum absolute atomic E-state index is 11.0. The van der Waals surface area contributed by atoms with Crippen molar-refractivity contribution in [3.05, 3.63) is 47.9 Å². The molecule has 1 atom stereocenters. The quantitative estimate of drug-likeness (QED) is 0.781. The molecule has 0 saturated heterocycles. The maximum atomic E-state index is 11.0. The monoisotopic (exact) mass is 227 g/mol. The molecule has 0 bridgehead atoms. The lowest BCUT2D eigenvalue weighted by molar-refractivity contribution is 0.182. The Bertz CT molecular complexity index is 414. The van der Waals surface area contributed by atoms with E-state index in [-0.39, 0.29) is 6.54 Å². The first-order chi connectivity index (χ1) is 7.05. The van der Waals surface area contributed by atoms with Gasteiger partial charge in [0.1, 0.15) is 0 Å². The number of rotatable bonds is 5. The molecule has 15 heavy (non-hydrogen) atoms. The van der Waals surface area contributed by atoms with E-state index in [1.54, 1.807) is 24.3 Å². The summed E-state index contributed by atoms with van der Waals surface area (Å²) in [5.41, 5.74) is 0.671. The van der Waals surface area contributed by atoms with Gasteiger partial charge in [-0.3, -0.25) is 0 Å². The van der Waals surface area contributed by atoms with Gasteiger partial charge in [-0.05, 0) is 5.56 Å². The highest BCUT2D eigenvalue weighted by Crippen LogP contribution is 2.10. The Morgan fingerprint density at radius 2 is 2.00 bits per heavy atom. The molecule has 82 valence electrons. The molecular formula is C10H13NO3S. The lowest BCUT2D eigenvalue weighted by Gasteiger charge is -2.10. The fourth-order valence-corrected chi connectivity index (χ4v) is 1.56. The Morgan fingerprint density at radius 3 is 2.53 bits per heavy atom. The maximum Gasteiger partial charge on any atom is 0.233 e. The summed E-state index contributed by atoms with van der Waals surface area (Å²) in [6, 6.07) is 8.84. The number of benzene rings is 1. The van der Waals surface area contributed by atoms with Crippen LogP contribution in [0.4, 0.5) is 0 Å². The molecule has 0 spiro atoms. The van der Waals surface area contributed by atoms with Crippen LogP contribution in [0.25, 0.3) is 0 Å². The Morgan fingerprint density at radius 1 is 1.40 bits per heavy atom. The van der Waals surface area contributed by atoms with Gasteiger partial charge in [0.15, 0.2) is 0 Å². The molecule has 1 rings (SSSR count). The van der Waals surface area contributed by atoms with Gasteiger partial charge in [0, 0.05) is 12.0 Å². The number of aliphatic hydroxyl groups is 1. The first-order valence-electron chi connectivity index (χ1n) is 4.40. The fraction of sp³-hybridized carbons (Fsp3) is 0.200. The van der Waals surface area contributed by atoms with Crippen molar-refractivity contribution in [2.45, 2.75) is 6.10 Å². The van der Waals surface area contributed by atoms with E-state index in [1.807, 2.05) is 6.07 Å².